The van der Waals surface area contributed by atoms with Crippen LogP contribution in [0.2, 0.25) is 0 Å². The van der Waals surface area contributed by atoms with E-state index in [0.29, 0.717) is 37.5 Å². The number of carbonyl (C=O) groups is 2. The van der Waals surface area contributed by atoms with E-state index in [1.54, 1.807) is 28.4 Å². The zero-order valence-corrected chi connectivity index (χ0v) is 19.4. The predicted molar refractivity (Wildman–Crippen MR) is 129 cm³/mol. The number of urea groups is 1. The highest BCUT2D eigenvalue weighted by molar-refractivity contribution is 6.06. The molecule has 3 amide bonds. The van der Waals surface area contributed by atoms with Crippen molar-refractivity contribution in [2.45, 2.75) is 38.6 Å². The standard InChI is InChI=1S/C26H28N6O2/c1-18(2)19-6-8-20(9-7-19)30-25(34)31-13-10-26(11-14-31)23(22-5-3-4-12-29-22)32(24(26)33)21-15-27-17-28-16-21/h3-9,12,15-18,23H,10-11,13-14H2,1-2H3,(H,30,34). The Kier molecular flexibility index (Phi) is 5.73. The van der Waals surface area contributed by atoms with Crippen LogP contribution in [0.4, 0.5) is 16.2 Å². The Hall–Kier alpha value is -3.81. The molecule has 8 nitrogen and oxygen atoms in total. The Morgan fingerprint density at radius 1 is 1.06 bits per heavy atom. The lowest BCUT2D eigenvalue weighted by Gasteiger charge is -2.58. The molecule has 34 heavy (non-hydrogen) atoms. The Morgan fingerprint density at radius 2 is 1.76 bits per heavy atom. The summed E-state index contributed by atoms with van der Waals surface area (Å²) < 4.78 is 0. The normalized spacial score (nSPS) is 19.3. The maximum Gasteiger partial charge on any atom is 0.321 e. The molecular weight excluding hydrogens is 428 g/mol. The molecule has 2 aliphatic heterocycles. The number of piperidine rings is 1. The van der Waals surface area contributed by atoms with Gasteiger partial charge in [0, 0.05) is 25.0 Å². The second-order valence-electron chi connectivity index (χ2n) is 9.28. The maximum atomic E-state index is 13.5. The second-order valence-corrected chi connectivity index (χ2v) is 9.28. The van der Waals surface area contributed by atoms with Gasteiger partial charge in [0.25, 0.3) is 0 Å². The SMILES string of the molecule is CC(C)c1ccc(NC(=O)N2CCC3(CC2)C(=O)N(c2cncnc2)C3c2ccccn2)cc1. The molecule has 4 heterocycles. The summed E-state index contributed by atoms with van der Waals surface area (Å²) in [7, 11) is 0. The number of pyridine rings is 1. The van der Waals surface area contributed by atoms with E-state index in [1.807, 2.05) is 42.5 Å². The van der Waals surface area contributed by atoms with Gasteiger partial charge in [-0.15, -0.1) is 0 Å². The second kappa shape index (κ2) is 8.85. The van der Waals surface area contributed by atoms with Gasteiger partial charge >= 0.3 is 6.03 Å². The van der Waals surface area contributed by atoms with Crippen LogP contribution in [0.3, 0.4) is 0 Å². The summed E-state index contributed by atoms with van der Waals surface area (Å²) in [5.41, 5.74) is 2.93. The summed E-state index contributed by atoms with van der Waals surface area (Å²) in [6.07, 6.45) is 7.67. The lowest BCUT2D eigenvalue weighted by atomic mass is 9.63. The van der Waals surface area contributed by atoms with Crippen LogP contribution in [0.5, 0.6) is 0 Å². The van der Waals surface area contributed by atoms with Crippen molar-refractivity contribution in [3.05, 3.63) is 78.6 Å². The third kappa shape index (κ3) is 3.79. The Labute approximate surface area is 199 Å². The monoisotopic (exact) mass is 456 g/mol. The number of β-lactam (4-membered cyclic amide) rings is 1. The quantitative estimate of drug-likeness (QED) is 0.588. The van der Waals surface area contributed by atoms with E-state index in [0.717, 1.165) is 11.4 Å². The lowest BCUT2D eigenvalue weighted by molar-refractivity contribution is -0.144. The minimum Gasteiger partial charge on any atom is -0.324 e. The van der Waals surface area contributed by atoms with Crippen LogP contribution in [-0.4, -0.2) is 44.9 Å². The summed E-state index contributed by atoms with van der Waals surface area (Å²) in [4.78, 5) is 42.7. The molecule has 1 aromatic carbocycles. The van der Waals surface area contributed by atoms with Crippen molar-refractivity contribution in [3.8, 4) is 0 Å². The van der Waals surface area contributed by atoms with Crippen molar-refractivity contribution in [1.29, 1.82) is 0 Å². The molecule has 1 N–H and O–H groups in total. The first-order valence-electron chi connectivity index (χ1n) is 11.6. The van der Waals surface area contributed by atoms with Crippen molar-refractivity contribution in [2.24, 2.45) is 5.41 Å². The largest absolute Gasteiger partial charge is 0.324 e. The van der Waals surface area contributed by atoms with Crippen LogP contribution in [-0.2, 0) is 4.79 Å². The van der Waals surface area contributed by atoms with Gasteiger partial charge in [-0.25, -0.2) is 14.8 Å². The molecule has 2 saturated heterocycles. The topological polar surface area (TPSA) is 91.3 Å². The van der Waals surface area contributed by atoms with E-state index in [9.17, 15) is 9.59 Å². The lowest BCUT2D eigenvalue weighted by Crippen LogP contribution is -2.67. The van der Waals surface area contributed by atoms with Crippen molar-refractivity contribution >= 4 is 23.3 Å². The van der Waals surface area contributed by atoms with Crippen LogP contribution < -0.4 is 10.2 Å². The molecule has 5 rings (SSSR count). The summed E-state index contributed by atoms with van der Waals surface area (Å²) in [5.74, 6) is 0.486. The Morgan fingerprint density at radius 3 is 2.38 bits per heavy atom. The zero-order chi connectivity index (χ0) is 23.7. The third-order valence-corrected chi connectivity index (χ3v) is 6.99. The van der Waals surface area contributed by atoms with Gasteiger partial charge < -0.3 is 10.2 Å². The number of likely N-dealkylation sites (tertiary alicyclic amines) is 1. The number of nitrogens with one attached hydrogen (secondary N) is 1. The number of amides is 3. The highest BCUT2D eigenvalue weighted by Gasteiger charge is 2.63. The van der Waals surface area contributed by atoms with Gasteiger partial charge in [-0.05, 0) is 48.6 Å². The number of hydrogen-bond acceptors (Lipinski definition) is 5. The van der Waals surface area contributed by atoms with Crippen molar-refractivity contribution in [2.75, 3.05) is 23.3 Å². The van der Waals surface area contributed by atoms with E-state index >= 15 is 0 Å². The van der Waals surface area contributed by atoms with Gasteiger partial charge in [0.1, 0.15) is 6.33 Å². The molecular formula is C26H28N6O2. The summed E-state index contributed by atoms with van der Waals surface area (Å²) in [6, 6.07) is 13.4. The van der Waals surface area contributed by atoms with Gasteiger partial charge in [0.15, 0.2) is 0 Å². The van der Waals surface area contributed by atoms with Crippen LogP contribution in [0.1, 0.15) is 49.9 Å². The zero-order valence-electron chi connectivity index (χ0n) is 19.4. The van der Waals surface area contributed by atoms with Crippen molar-refractivity contribution in [1.82, 2.24) is 19.9 Å². The fourth-order valence-electron chi connectivity index (χ4n) is 5.04. The van der Waals surface area contributed by atoms with Gasteiger partial charge in [0.2, 0.25) is 5.91 Å². The van der Waals surface area contributed by atoms with Crippen molar-refractivity contribution < 1.29 is 9.59 Å². The van der Waals surface area contributed by atoms with Crippen LogP contribution in [0.25, 0.3) is 0 Å². The molecule has 2 fully saturated rings. The summed E-state index contributed by atoms with van der Waals surface area (Å²) in [5, 5.41) is 2.99. The minimum atomic E-state index is -0.583. The Balaban J connectivity index is 1.31. The number of aromatic nitrogens is 3. The number of hydrogen-bond donors (Lipinski definition) is 1. The van der Waals surface area contributed by atoms with Gasteiger partial charge in [-0.1, -0.05) is 32.0 Å². The minimum absolute atomic E-state index is 0.0438. The van der Waals surface area contributed by atoms with Gasteiger partial charge in [0.05, 0.1) is 35.2 Å². The van der Waals surface area contributed by atoms with Crippen LogP contribution in [0.15, 0.2) is 67.4 Å². The molecule has 2 aliphatic rings. The molecule has 8 heteroatoms. The molecule has 0 aliphatic carbocycles. The maximum absolute atomic E-state index is 13.5. The third-order valence-electron chi connectivity index (χ3n) is 6.99. The molecule has 0 bridgehead atoms. The first-order valence-corrected chi connectivity index (χ1v) is 11.6. The predicted octanol–water partition coefficient (Wildman–Crippen LogP) is 4.40. The average molecular weight is 457 g/mol. The van der Waals surface area contributed by atoms with Gasteiger partial charge in [-0.2, -0.15) is 0 Å². The fourth-order valence-corrected chi connectivity index (χ4v) is 5.04. The number of nitrogens with zero attached hydrogens (tertiary/aromatic N) is 5. The molecule has 0 radical (unpaired) electrons. The van der Waals surface area contributed by atoms with Crippen molar-refractivity contribution in [3.63, 3.8) is 0 Å². The molecule has 174 valence electrons. The number of carbonyl (C=O) groups excluding carboxylic acids is 2. The summed E-state index contributed by atoms with van der Waals surface area (Å²) in [6.45, 7) is 5.29. The fraction of sp³-hybridized carbons (Fsp3) is 0.346. The first kappa shape index (κ1) is 22.0. The van der Waals surface area contributed by atoms with E-state index in [-0.39, 0.29) is 18.0 Å². The highest BCUT2D eigenvalue weighted by Crippen LogP contribution is 2.56. The van der Waals surface area contributed by atoms with Crippen LogP contribution in [0, 0.1) is 5.41 Å². The van der Waals surface area contributed by atoms with E-state index < -0.39 is 5.41 Å². The Bertz CT molecular complexity index is 1160. The molecule has 2 aromatic heterocycles. The number of anilines is 2. The highest BCUT2D eigenvalue weighted by atomic mass is 16.2. The van der Waals surface area contributed by atoms with Gasteiger partial charge in [-0.3, -0.25) is 14.7 Å². The van der Waals surface area contributed by atoms with E-state index in [4.69, 9.17) is 0 Å². The number of rotatable bonds is 4. The van der Waals surface area contributed by atoms with E-state index in [1.165, 1.54) is 11.9 Å². The molecule has 3 aromatic rings. The molecule has 1 spiro atoms. The summed E-state index contributed by atoms with van der Waals surface area (Å²) >= 11 is 0. The molecule has 1 unspecified atom stereocenters. The first-order chi connectivity index (χ1) is 16.5. The van der Waals surface area contributed by atoms with Crippen LogP contribution >= 0.6 is 0 Å². The molecule has 1 atom stereocenters. The number of benzene rings is 1. The smallest absolute Gasteiger partial charge is 0.321 e. The molecule has 0 saturated carbocycles. The average Bonchev–Trinajstić information content (AvgIpc) is 2.88. The van der Waals surface area contributed by atoms with E-state index in [2.05, 4.69) is 34.1 Å².